The normalized spacial score (nSPS) is 18.5. The molecule has 0 saturated heterocycles. The highest BCUT2D eigenvalue weighted by Gasteiger charge is 2.48. The minimum Gasteiger partial charge on any atom is -0.464 e. The van der Waals surface area contributed by atoms with Crippen LogP contribution in [0.4, 0.5) is 10.1 Å². The van der Waals surface area contributed by atoms with Gasteiger partial charge in [-0.05, 0) is 35.7 Å². The molecule has 1 aliphatic rings. The van der Waals surface area contributed by atoms with E-state index in [0.29, 0.717) is 5.69 Å². The molecule has 2 atom stereocenters. The van der Waals surface area contributed by atoms with Crippen molar-refractivity contribution >= 4 is 23.3 Å². The fourth-order valence-electron chi connectivity index (χ4n) is 3.38. The lowest BCUT2D eigenvalue weighted by Gasteiger charge is -2.28. The van der Waals surface area contributed by atoms with Gasteiger partial charge in [0.25, 0.3) is 0 Å². The van der Waals surface area contributed by atoms with Crippen molar-refractivity contribution in [2.45, 2.75) is 26.5 Å². The van der Waals surface area contributed by atoms with Gasteiger partial charge in [0.1, 0.15) is 12.4 Å². The fraction of sp³-hybridized carbons (Fsp3) is 0.318. The number of carbonyl (C=O) groups is 2. The predicted octanol–water partition coefficient (Wildman–Crippen LogP) is 3.56. The number of methoxy groups -OCH3 is 1. The lowest BCUT2D eigenvalue weighted by Crippen LogP contribution is -2.44. The number of hydrazone groups is 1. The molecule has 152 valence electrons. The highest BCUT2D eigenvalue weighted by Crippen LogP contribution is 2.34. The quantitative estimate of drug-likeness (QED) is 0.696. The number of hydrogen-bond acceptors (Lipinski definition) is 6. The highest BCUT2D eigenvalue weighted by atomic mass is 19.1. The molecule has 0 N–H and O–H groups in total. The third kappa shape index (κ3) is 4.45. The van der Waals surface area contributed by atoms with Crippen LogP contribution in [0.25, 0.3) is 0 Å². The number of carbonyl (C=O) groups excluding carboxylic acids is 2. The van der Waals surface area contributed by atoms with Crippen molar-refractivity contribution < 1.29 is 23.5 Å². The van der Waals surface area contributed by atoms with Gasteiger partial charge >= 0.3 is 11.9 Å². The van der Waals surface area contributed by atoms with Gasteiger partial charge in [-0.25, -0.2) is 19.0 Å². The van der Waals surface area contributed by atoms with Crippen molar-refractivity contribution in [3.8, 4) is 0 Å². The van der Waals surface area contributed by atoms with E-state index in [-0.39, 0.29) is 18.2 Å². The van der Waals surface area contributed by atoms with E-state index < -0.39 is 29.7 Å². The molecule has 2 aromatic carbocycles. The number of anilines is 1. The molecule has 6 nitrogen and oxygen atoms in total. The average Bonchev–Trinajstić information content (AvgIpc) is 3.14. The monoisotopic (exact) mass is 398 g/mol. The minimum atomic E-state index is -0.863. The lowest BCUT2D eigenvalue weighted by molar-refractivity contribution is -0.147. The van der Waals surface area contributed by atoms with Crippen molar-refractivity contribution in [1.82, 2.24) is 0 Å². The van der Waals surface area contributed by atoms with Gasteiger partial charge in [0.05, 0.1) is 12.8 Å². The van der Waals surface area contributed by atoms with Crippen molar-refractivity contribution in [2.75, 3.05) is 12.1 Å². The first-order chi connectivity index (χ1) is 13.9. The van der Waals surface area contributed by atoms with Crippen LogP contribution in [0.3, 0.4) is 0 Å². The Kier molecular flexibility index (Phi) is 6.26. The molecule has 0 fully saturated rings. The Hall–Kier alpha value is -3.22. The summed E-state index contributed by atoms with van der Waals surface area (Å²) in [6, 6.07) is 14.0. The van der Waals surface area contributed by atoms with Gasteiger partial charge in [0.2, 0.25) is 0 Å². The molecule has 0 saturated carbocycles. The second-order valence-electron chi connectivity index (χ2n) is 7.11. The first-order valence-electron chi connectivity index (χ1n) is 9.34. The van der Waals surface area contributed by atoms with E-state index in [4.69, 9.17) is 9.47 Å². The zero-order valence-corrected chi connectivity index (χ0v) is 16.5. The number of halogens is 1. The molecule has 3 rings (SSSR count). The highest BCUT2D eigenvalue weighted by molar-refractivity contribution is 6.39. The van der Waals surface area contributed by atoms with E-state index in [2.05, 4.69) is 5.10 Å². The Balaban J connectivity index is 1.93. The van der Waals surface area contributed by atoms with Crippen LogP contribution in [0.2, 0.25) is 0 Å². The van der Waals surface area contributed by atoms with Crippen molar-refractivity contribution in [2.24, 2.45) is 16.9 Å². The van der Waals surface area contributed by atoms with Gasteiger partial charge in [0.15, 0.2) is 11.8 Å². The summed E-state index contributed by atoms with van der Waals surface area (Å²) in [5.41, 5.74) is 1.48. The van der Waals surface area contributed by atoms with E-state index in [0.717, 1.165) is 5.56 Å². The van der Waals surface area contributed by atoms with Gasteiger partial charge in [-0.2, -0.15) is 5.10 Å². The van der Waals surface area contributed by atoms with Gasteiger partial charge in [-0.3, -0.25) is 0 Å². The van der Waals surface area contributed by atoms with E-state index in [1.165, 1.54) is 36.4 Å². The molecule has 0 unspecified atom stereocenters. The first-order valence-corrected chi connectivity index (χ1v) is 9.34. The topological polar surface area (TPSA) is 68.2 Å². The Labute approximate surface area is 168 Å². The molecule has 0 aliphatic carbocycles. The van der Waals surface area contributed by atoms with Crippen LogP contribution in [0.15, 0.2) is 59.7 Å². The van der Waals surface area contributed by atoms with Crippen molar-refractivity contribution in [3.05, 3.63) is 66.0 Å². The molecular formula is C22H23FN2O4. The summed E-state index contributed by atoms with van der Waals surface area (Å²) in [6.07, 6.45) is 0. The average molecular weight is 398 g/mol. The maximum absolute atomic E-state index is 13.4. The molecule has 0 amide bonds. The maximum atomic E-state index is 13.4. The lowest BCUT2D eigenvalue weighted by atomic mass is 9.85. The first kappa shape index (κ1) is 20.5. The number of rotatable bonds is 6. The Morgan fingerprint density at radius 2 is 1.76 bits per heavy atom. The summed E-state index contributed by atoms with van der Waals surface area (Å²) < 4.78 is 23.8. The van der Waals surface area contributed by atoms with E-state index in [1.54, 1.807) is 0 Å². The van der Waals surface area contributed by atoms with Crippen molar-refractivity contribution in [1.29, 1.82) is 0 Å². The molecule has 0 radical (unpaired) electrons. The zero-order valence-electron chi connectivity index (χ0n) is 16.5. The van der Waals surface area contributed by atoms with Crippen LogP contribution in [-0.4, -0.2) is 30.8 Å². The Morgan fingerprint density at radius 1 is 1.10 bits per heavy atom. The van der Waals surface area contributed by atoms with E-state index in [9.17, 15) is 14.0 Å². The molecular weight excluding hydrogens is 375 g/mol. The third-order valence-corrected chi connectivity index (χ3v) is 4.80. The summed E-state index contributed by atoms with van der Waals surface area (Å²) >= 11 is 0. The zero-order chi connectivity index (χ0) is 21.0. The standard InChI is InChI=1S/C22H23FN2O4/c1-14(2)18-19(21(26)28-3)24-25(17-11-9-16(23)10-12-17)20(18)22(27)29-13-15-7-5-4-6-8-15/h4-12,14,18,20H,13H2,1-3H3/t18-,20-/m0/s1. The second kappa shape index (κ2) is 8.86. The van der Waals surface area contributed by atoms with Crippen LogP contribution >= 0.6 is 0 Å². The van der Waals surface area contributed by atoms with Gasteiger partial charge in [-0.1, -0.05) is 44.2 Å². The summed E-state index contributed by atoms with van der Waals surface area (Å²) in [6.45, 7) is 3.90. The Morgan fingerprint density at radius 3 is 2.34 bits per heavy atom. The molecule has 0 aromatic heterocycles. The molecule has 2 aromatic rings. The summed E-state index contributed by atoms with van der Waals surface area (Å²) in [5, 5.41) is 5.79. The number of benzene rings is 2. The molecule has 0 bridgehead atoms. The van der Waals surface area contributed by atoms with E-state index in [1.807, 2.05) is 44.2 Å². The number of ether oxygens (including phenoxy) is 2. The summed E-state index contributed by atoms with van der Waals surface area (Å²) in [7, 11) is 1.27. The van der Waals surface area contributed by atoms with Crippen LogP contribution in [0.1, 0.15) is 19.4 Å². The number of hydrogen-bond donors (Lipinski definition) is 0. The van der Waals surface area contributed by atoms with Crippen LogP contribution < -0.4 is 5.01 Å². The number of nitrogens with zero attached hydrogens (tertiary/aromatic N) is 2. The molecule has 1 heterocycles. The number of esters is 2. The van der Waals surface area contributed by atoms with Crippen LogP contribution in [-0.2, 0) is 25.7 Å². The second-order valence-corrected chi connectivity index (χ2v) is 7.11. The Bertz CT molecular complexity index is 897. The molecule has 0 spiro atoms. The molecule has 7 heteroatoms. The predicted molar refractivity (Wildman–Crippen MR) is 107 cm³/mol. The minimum absolute atomic E-state index is 0.0902. The van der Waals surface area contributed by atoms with Gasteiger partial charge in [0, 0.05) is 5.92 Å². The molecule has 29 heavy (non-hydrogen) atoms. The molecule has 1 aliphatic heterocycles. The summed E-state index contributed by atoms with van der Waals surface area (Å²) in [4.78, 5) is 25.4. The van der Waals surface area contributed by atoms with Gasteiger partial charge < -0.3 is 9.47 Å². The fourth-order valence-corrected chi connectivity index (χ4v) is 3.38. The maximum Gasteiger partial charge on any atom is 0.354 e. The largest absolute Gasteiger partial charge is 0.464 e. The van der Waals surface area contributed by atoms with E-state index >= 15 is 0 Å². The van der Waals surface area contributed by atoms with Crippen LogP contribution in [0, 0.1) is 17.7 Å². The van der Waals surface area contributed by atoms with Crippen molar-refractivity contribution in [3.63, 3.8) is 0 Å². The van der Waals surface area contributed by atoms with Gasteiger partial charge in [-0.15, -0.1) is 0 Å². The summed E-state index contributed by atoms with van der Waals surface area (Å²) in [5.74, 6) is -2.15. The third-order valence-electron chi connectivity index (χ3n) is 4.80. The smallest absolute Gasteiger partial charge is 0.354 e. The SMILES string of the molecule is COC(=O)C1=NN(c2ccc(F)cc2)[C@H](C(=O)OCc2ccccc2)[C@H]1C(C)C. The van der Waals surface area contributed by atoms with Crippen LogP contribution in [0.5, 0.6) is 0 Å².